The third-order valence-corrected chi connectivity index (χ3v) is 14.6. The lowest BCUT2D eigenvalue weighted by molar-refractivity contribution is -0.136. The Kier molecular flexibility index (Phi) is 38.5. The number of aliphatic imine (C=N–C) groups is 1. The van der Waals surface area contributed by atoms with Gasteiger partial charge < -0.3 is 77.4 Å². The number of rotatable bonds is 50. The molecule has 27 nitrogen and oxygen atoms in total. The molecule has 0 aliphatic rings. The van der Waals surface area contributed by atoms with Crippen LogP contribution in [0.4, 0.5) is 0 Å². The second-order valence-corrected chi connectivity index (χ2v) is 22.5. The van der Waals surface area contributed by atoms with Crippen LogP contribution in [0.1, 0.15) is 168 Å². The fourth-order valence-electron chi connectivity index (χ4n) is 9.59. The number of nitrogens with zero attached hydrogens (tertiary/aromatic N) is 2. The van der Waals surface area contributed by atoms with E-state index in [0.29, 0.717) is 76.7 Å². The highest BCUT2D eigenvalue weighted by atomic mass is 16.2. The van der Waals surface area contributed by atoms with Crippen LogP contribution in [0.5, 0.6) is 0 Å². The second-order valence-electron chi connectivity index (χ2n) is 22.5. The summed E-state index contributed by atoms with van der Waals surface area (Å²) in [5.41, 5.74) is 45.6. The Bertz CT molecular complexity index is 2240. The summed E-state index contributed by atoms with van der Waals surface area (Å²) in [5, 5.41) is 13.6. The number of H-pyrrole nitrogens is 1. The molecule has 0 fully saturated rings. The van der Waals surface area contributed by atoms with Crippen LogP contribution in [0, 0.1) is 35.5 Å². The standard InChI is InChI=1S/C57H102N16O11/c1-35(2)26-40(55(83)73-46(51(63)79)17-8-12-24-61)31-47(75)37(4)70-53(81)38(15-6-10-22-59)29-48(76)44(18-13-25-67-57(64)65)71-54(82)39(16-7-11-23-60)30-49(77)45(19-20-50(62)78)72-56(84)41(27-42-32-66-34-69-42)28-43(74)33-68-52(80)36(3)14-5-9-21-58/h32,34-41,44-46H,5-31,33,58-61H2,1-4H3,(H2,62,78)(H2,63,79)(H,66,69)(H,68,80)(H,70,81)(H,71,82)(H,72,84)(H,73,83)(H4,64,65,67)/t36-,37-,38+,39+,40+,41+,44-,45-,46-/m0/s1. The van der Waals surface area contributed by atoms with Crippen molar-refractivity contribution >= 4 is 70.4 Å². The zero-order chi connectivity index (χ0) is 63.1. The van der Waals surface area contributed by atoms with Crippen LogP contribution < -0.4 is 72.5 Å². The van der Waals surface area contributed by atoms with E-state index < -0.39 is 113 Å². The number of primary amides is 2. The maximum Gasteiger partial charge on any atom is 0.239 e. The van der Waals surface area contributed by atoms with Gasteiger partial charge in [0.1, 0.15) is 6.04 Å². The van der Waals surface area contributed by atoms with Gasteiger partial charge in [-0.1, -0.05) is 40.0 Å². The van der Waals surface area contributed by atoms with Gasteiger partial charge in [-0.3, -0.25) is 57.7 Å². The largest absolute Gasteiger partial charge is 0.370 e. The van der Waals surface area contributed by atoms with Crippen LogP contribution in [0.25, 0.3) is 0 Å². The minimum absolute atomic E-state index is 0.00498. The number of nitrogens with one attached hydrogen (secondary N) is 6. The van der Waals surface area contributed by atoms with Crippen LogP contribution >= 0.6 is 0 Å². The molecule has 0 bridgehead atoms. The van der Waals surface area contributed by atoms with E-state index in [1.54, 1.807) is 6.92 Å². The molecule has 1 aromatic heterocycles. The van der Waals surface area contributed by atoms with E-state index in [2.05, 4.69) is 41.5 Å². The van der Waals surface area contributed by atoms with Gasteiger partial charge in [0, 0.05) is 80.6 Å². The first-order valence-electron chi connectivity index (χ1n) is 29.9. The van der Waals surface area contributed by atoms with Gasteiger partial charge in [0.2, 0.25) is 41.4 Å². The van der Waals surface area contributed by atoms with Crippen molar-refractivity contribution in [2.24, 2.45) is 86.4 Å². The van der Waals surface area contributed by atoms with Crippen LogP contribution in [0.15, 0.2) is 17.5 Å². The maximum atomic E-state index is 14.5. The van der Waals surface area contributed by atoms with Crippen LogP contribution in [-0.4, -0.2) is 144 Å². The summed E-state index contributed by atoms with van der Waals surface area (Å²) in [6.07, 6.45) is 6.92. The Morgan fingerprint density at radius 3 is 1.50 bits per heavy atom. The van der Waals surface area contributed by atoms with Crippen molar-refractivity contribution in [1.82, 2.24) is 36.6 Å². The first kappa shape index (κ1) is 75.3. The lowest BCUT2D eigenvalue weighted by Gasteiger charge is -2.26. The van der Waals surface area contributed by atoms with Gasteiger partial charge in [-0.05, 0) is 122 Å². The van der Waals surface area contributed by atoms with Gasteiger partial charge >= 0.3 is 0 Å². The number of hydrogen-bond donors (Lipinski definition) is 14. The average Bonchev–Trinajstić information content (AvgIpc) is 4.12. The first-order valence-corrected chi connectivity index (χ1v) is 29.9. The van der Waals surface area contributed by atoms with Gasteiger partial charge in [-0.15, -0.1) is 0 Å². The zero-order valence-electron chi connectivity index (χ0n) is 50.2. The molecule has 0 spiro atoms. The molecule has 7 amide bonds. The van der Waals surface area contributed by atoms with Gasteiger partial charge in [0.25, 0.3) is 0 Å². The first-order chi connectivity index (χ1) is 39.9. The highest BCUT2D eigenvalue weighted by molar-refractivity contribution is 5.98. The molecule has 9 atom stereocenters. The van der Waals surface area contributed by atoms with Gasteiger partial charge in [-0.2, -0.15) is 0 Å². The molecule has 0 saturated carbocycles. The minimum atomic E-state index is -1.36. The number of ketones is 4. The predicted molar refractivity (Wildman–Crippen MR) is 319 cm³/mol. The van der Waals surface area contributed by atoms with Crippen molar-refractivity contribution in [2.75, 3.05) is 39.3 Å². The molecule has 0 aromatic carbocycles. The van der Waals surface area contributed by atoms with E-state index in [9.17, 15) is 52.7 Å². The average molecular weight is 1190 g/mol. The lowest BCUT2D eigenvalue weighted by Crippen LogP contribution is -2.49. The molecule has 84 heavy (non-hydrogen) atoms. The predicted octanol–water partition coefficient (Wildman–Crippen LogP) is -0.668. The van der Waals surface area contributed by atoms with E-state index in [1.165, 1.54) is 19.4 Å². The Morgan fingerprint density at radius 2 is 1.00 bits per heavy atom. The number of carbonyl (C=O) groups is 11. The van der Waals surface area contributed by atoms with Crippen LogP contribution in [0.2, 0.25) is 0 Å². The smallest absolute Gasteiger partial charge is 0.239 e. The summed E-state index contributed by atoms with van der Waals surface area (Å²) in [5.74, 6) is -11.1. The van der Waals surface area contributed by atoms with Crippen molar-refractivity contribution in [3.63, 3.8) is 0 Å². The molecule has 1 rings (SSSR count). The van der Waals surface area contributed by atoms with Crippen molar-refractivity contribution in [3.8, 4) is 0 Å². The summed E-state index contributed by atoms with van der Waals surface area (Å²) in [7, 11) is 0. The summed E-state index contributed by atoms with van der Waals surface area (Å²) >= 11 is 0. The highest BCUT2D eigenvalue weighted by Gasteiger charge is 2.35. The molecule has 22 N–H and O–H groups in total. The molecule has 27 heteroatoms. The molecule has 1 aromatic rings. The molecule has 0 aliphatic heterocycles. The summed E-state index contributed by atoms with van der Waals surface area (Å²) in [6.45, 7) is 8.15. The minimum Gasteiger partial charge on any atom is -0.370 e. The molecule has 0 unspecified atom stereocenters. The lowest BCUT2D eigenvalue weighted by atomic mass is 9.88. The van der Waals surface area contributed by atoms with E-state index in [4.69, 9.17) is 45.9 Å². The number of imidazole rings is 1. The number of hydrogen-bond acceptors (Lipinski definition) is 17. The quantitative estimate of drug-likeness (QED) is 0.0219. The molecule has 1 heterocycles. The van der Waals surface area contributed by atoms with Gasteiger partial charge in [-0.25, -0.2) is 4.98 Å². The molecule has 476 valence electrons. The Balaban J connectivity index is 3.52. The molecular weight excluding hydrogens is 1080 g/mol. The van der Waals surface area contributed by atoms with E-state index in [0.717, 1.165) is 12.8 Å². The van der Waals surface area contributed by atoms with Crippen molar-refractivity contribution < 1.29 is 52.7 Å². The third-order valence-electron chi connectivity index (χ3n) is 14.6. The molecule has 0 aliphatic carbocycles. The summed E-state index contributed by atoms with van der Waals surface area (Å²) in [4.78, 5) is 160. The van der Waals surface area contributed by atoms with E-state index in [1.807, 2.05) is 13.8 Å². The second kappa shape index (κ2) is 43.0. The third kappa shape index (κ3) is 32.4. The van der Waals surface area contributed by atoms with Gasteiger partial charge in [0.05, 0.1) is 36.9 Å². The maximum absolute atomic E-state index is 14.5. The Morgan fingerprint density at radius 1 is 0.524 bits per heavy atom. The zero-order valence-corrected chi connectivity index (χ0v) is 50.2. The van der Waals surface area contributed by atoms with Crippen molar-refractivity contribution in [3.05, 3.63) is 18.2 Å². The van der Waals surface area contributed by atoms with E-state index >= 15 is 0 Å². The number of aromatic amines is 1. The van der Waals surface area contributed by atoms with E-state index in [-0.39, 0.29) is 114 Å². The van der Waals surface area contributed by atoms with Crippen molar-refractivity contribution in [2.45, 2.75) is 193 Å². The van der Waals surface area contributed by atoms with Crippen LogP contribution in [-0.2, 0) is 59.2 Å². The Hall–Kier alpha value is -6.71. The number of amides is 7. The normalized spacial score (nSPS) is 14.5. The molecule has 0 saturated heterocycles. The van der Waals surface area contributed by atoms with Crippen LogP contribution in [0.3, 0.4) is 0 Å². The number of Topliss-reactive ketones (excluding diaryl/α,β-unsaturated/α-hetero) is 4. The molecular formula is C57H102N16O11. The number of unbranched alkanes of at least 4 members (excludes halogenated alkanes) is 4. The topological polar surface area (TPSA) is 497 Å². The number of carbonyl (C=O) groups excluding carboxylic acids is 11. The number of nitrogens with two attached hydrogens (primary N) is 8. The summed E-state index contributed by atoms with van der Waals surface area (Å²) in [6, 6.07) is -4.65. The van der Waals surface area contributed by atoms with Gasteiger partial charge in [0.15, 0.2) is 29.1 Å². The monoisotopic (exact) mass is 1190 g/mol. The van der Waals surface area contributed by atoms with Crippen molar-refractivity contribution in [1.29, 1.82) is 0 Å². The fraction of sp³-hybridized carbons (Fsp3) is 0.737. The molecule has 0 radical (unpaired) electrons. The SMILES string of the molecule is CC(C)C[C@H](CC(=O)[C@H](C)NC(=O)[C@H](CCCCN)CC(=O)[C@H](CCCN=C(N)N)NC(=O)[C@H](CCCCN)CC(=O)[C@H](CCC(N)=O)NC(=O)[C@@H](CC(=O)CNC(=O)[C@@H](C)CCCCN)Cc1cnc[nH]1)C(=O)N[C@@H](CCCCN)C(N)=O. The summed E-state index contributed by atoms with van der Waals surface area (Å²) < 4.78 is 0. The number of aromatic nitrogens is 2. The number of guanidine groups is 1. The fourth-order valence-corrected chi connectivity index (χ4v) is 9.59. The highest BCUT2D eigenvalue weighted by Crippen LogP contribution is 2.23. The Labute approximate surface area is 495 Å².